The fraction of sp³-hybridized carbons (Fsp3) is 0.182. The summed E-state index contributed by atoms with van der Waals surface area (Å²) in [6, 6.07) is 17.9. The molecule has 1 amide bonds. The number of pyridine rings is 1. The minimum atomic E-state index is -0.623. The van der Waals surface area contributed by atoms with Crippen molar-refractivity contribution in [2.45, 2.75) is 26.5 Å². The molecule has 2 aromatic carbocycles. The molecule has 1 N–H and O–H groups in total. The molecule has 27 heavy (non-hydrogen) atoms. The van der Waals surface area contributed by atoms with Gasteiger partial charge in [-0.25, -0.2) is 0 Å². The molecule has 0 unspecified atom stereocenters. The number of aryl methyl sites for hydroxylation is 1. The maximum Gasteiger partial charge on any atom is 0.265 e. The van der Waals surface area contributed by atoms with Gasteiger partial charge in [-0.1, -0.05) is 18.2 Å². The van der Waals surface area contributed by atoms with Crippen LogP contribution in [0.2, 0.25) is 0 Å². The number of benzene rings is 2. The topological polar surface area (TPSA) is 56.2 Å². The summed E-state index contributed by atoms with van der Waals surface area (Å²) in [4.78, 5) is 16.5. The van der Waals surface area contributed by atoms with E-state index in [0.29, 0.717) is 5.75 Å². The lowest BCUT2D eigenvalue weighted by atomic mass is 10.1. The summed E-state index contributed by atoms with van der Waals surface area (Å²) in [5, 5.41) is 5.27. The van der Waals surface area contributed by atoms with E-state index >= 15 is 0 Å². The van der Waals surface area contributed by atoms with E-state index in [-0.39, 0.29) is 5.91 Å². The Kier molecular flexibility index (Phi) is 4.50. The largest absolute Gasteiger partial charge is 0.479 e. The number of ether oxygens (including phenoxy) is 1. The number of hydrogen-bond acceptors (Lipinski definition) is 3. The van der Waals surface area contributed by atoms with Crippen LogP contribution in [0.15, 0.2) is 67.0 Å². The van der Waals surface area contributed by atoms with Crippen LogP contribution < -0.4 is 10.1 Å². The Morgan fingerprint density at radius 3 is 2.70 bits per heavy atom. The molecule has 0 saturated heterocycles. The van der Waals surface area contributed by atoms with Crippen molar-refractivity contribution in [3.63, 3.8) is 0 Å². The van der Waals surface area contributed by atoms with Crippen molar-refractivity contribution in [3.05, 3.63) is 67.0 Å². The quantitative estimate of drug-likeness (QED) is 0.566. The van der Waals surface area contributed by atoms with Gasteiger partial charge in [-0.3, -0.25) is 9.78 Å². The average molecular weight is 359 g/mol. The third-order valence-corrected chi connectivity index (χ3v) is 4.67. The van der Waals surface area contributed by atoms with Crippen LogP contribution in [0.5, 0.6) is 5.75 Å². The zero-order valence-corrected chi connectivity index (χ0v) is 15.3. The third kappa shape index (κ3) is 3.24. The molecule has 136 valence electrons. The van der Waals surface area contributed by atoms with Crippen LogP contribution in [0.1, 0.15) is 13.8 Å². The Bertz CT molecular complexity index is 1100. The van der Waals surface area contributed by atoms with E-state index in [0.717, 1.165) is 23.1 Å². The number of nitrogens with one attached hydrogen (secondary N) is 1. The van der Waals surface area contributed by atoms with Gasteiger partial charge in [0.15, 0.2) is 6.10 Å². The number of hydrogen-bond donors (Lipinski definition) is 1. The van der Waals surface area contributed by atoms with E-state index in [9.17, 15) is 4.79 Å². The molecule has 0 bridgehead atoms. The minimum absolute atomic E-state index is 0.197. The normalized spacial score (nSPS) is 12.2. The van der Waals surface area contributed by atoms with E-state index in [1.165, 1.54) is 10.9 Å². The van der Waals surface area contributed by atoms with Crippen molar-refractivity contribution in [2.24, 2.45) is 0 Å². The van der Waals surface area contributed by atoms with E-state index in [2.05, 4.69) is 40.0 Å². The van der Waals surface area contributed by atoms with Gasteiger partial charge in [-0.05, 0) is 50.2 Å². The molecule has 0 aliphatic heterocycles. The average Bonchev–Trinajstić information content (AvgIpc) is 3.02. The van der Waals surface area contributed by atoms with Crippen molar-refractivity contribution in [3.8, 4) is 5.75 Å². The Morgan fingerprint density at radius 1 is 1.11 bits per heavy atom. The molecule has 2 heterocycles. The fourth-order valence-corrected chi connectivity index (χ4v) is 3.39. The number of para-hydroxylation sites is 1. The monoisotopic (exact) mass is 359 g/mol. The summed E-state index contributed by atoms with van der Waals surface area (Å²) in [6.45, 7) is 4.76. The molecular formula is C22H21N3O2. The highest BCUT2D eigenvalue weighted by Crippen LogP contribution is 2.31. The lowest BCUT2D eigenvalue weighted by Gasteiger charge is -2.14. The van der Waals surface area contributed by atoms with E-state index in [1.807, 2.05) is 24.3 Å². The number of aromatic nitrogens is 2. The number of rotatable bonds is 5. The number of fused-ring (bicyclic) bond motifs is 3. The maximum atomic E-state index is 12.5. The minimum Gasteiger partial charge on any atom is -0.479 e. The molecule has 1 atom stereocenters. The zero-order chi connectivity index (χ0) is 18.8. The van der Waals surface area contributed by atoms with Crippen molar-refractivity contribution in [1.82, 2.24) is 9.55 Å². The molecular weight excluding hydrogens is 338 g/mol. The highest BCUT2D eigenvalue weighted by atomic mass is 16.5. The van der Waals surface area contributed by atoms with Gasteiger partial charge < -0.3 is 14.6 Å². The van der Waals surface area contributed by atoms with Crippen molar-refractivity contribution < 1.29 is 9.53 Å². The lowest BCUT2D eigenvalue weighted by Crippen LogP contribution is -2.30. The van der Waals surface area contributed by atoms with Crippen LogP contribution in [-0.4, -0.2) is 21.6 Å². The number of carbonyl (C=O) groups is 1. The SMILES string of the molecule is CCn1c2ccccc2c2cc(NC(=O)[C@H](C)Oc3cccnc3)ccc21. The summed E-state index contributed by atoms with van der Waals surface area (Å²) in [6.07, 6.45) is 2.64. The Hall–Kier alpha value is -3.34. The molecule has 0 spiro atoms. The van der Waals surface area contributed by atoms with Gasteiger partial charge in [-0.2, -0.15) is 0 Å². The van der Waals surface area contributed by atoms with Gasteiger partial charge in [0, 0.05) is 40.2 Å². The van der Waals surface area contributed by atoms with Crippen molar-refractivity contribution in [2.75, 3.05) is 5.32 Å². The van der Waals surface area contributed by atoms with Crippen molar-refractivity contribution >= 4 is 33.4 Å². The second-order valence-corrected chi connectivity index (χ2v) is 6.43. The highest BCUT2D eigenvalue weighted by Gasteiger charge is 2.16. The summed E-state index contributed by atoms with van der Waals surface area (Å²) >= 11 is 0. The summed E-state index contributed by atoms with van der Waals surface area (Å²) in [5.74, 6) is 0.374. The van der Waals surface area contributed by atoms with Gasteiger partial charge in [0.1, 0.15) is 5.75 Å². The second-order valence-electron chi connectivity index (χ2n) is 6.43. The first-order valence-electron chi connectivity index (χ1n) is 9.06. The van der Waals surface area contributed by atoms with Crippen LogP contribution in [0.25, 0.3) is 21.8 Å². The molecule has 0 aliphatic carbocycles. The van der Waals surface area contributed by atoms with Crippen LogP contribution in [-0.2, 0) is 11.3 Å². The molecule has 5 heteroatoms. The summed E-state index contributed by atoms with van der Waals surface area (Å²) in [5.41, 5.74) is 3.12. The molecule has 0 aliphatic rings. The molecule has 4 rings (SSSR count). The molecule has 4 aromatic rings. The first-order valence-corrected chi connectivity index (χ1v) is 9.06. The van der Waals surface area contributed by atoms with Crippen molar-refractivity contribution in [1.29, 1.82) is 0 Å². The number of anilines is 1. The molecule has 0 saturated carbocycles. The van der Waals surface area contributed by atoms with Gasteiger partial charge in [0.2, 0.25) is 0 Å². The van der Waals surface area contributed by atoms with E-state index < -0.39 is 6.10 Å². The smallest absolute Gasteiger partial charge is 0.265 e. The Balaban J connectivity index is 1.61. The second kappa shape index (κ2) is 7.11. The van der Waals surface area contributed by atoms with Crippen LogP contribution >= 0.6 is 0 Å². The van der Waals surface area contributed by atoms with Crippen LogP contribution in [0.3, 0.4) is 0 Å². The first kappa shape index (κ1) is 17.1. The number of nitrogens with zero attached hydrogens (tertiary/aromatic N) is 2. The van der Waals surface area contributed by atoms with Gasteiger partial charge in [-0.15, -0.1) is 0 Å². The Labute approximate surface area is 157 Å². The number of amides is 1. The summed E-state index contributed by atoms with van der Waals surface area (Å²) in [7, 11) is 0. The highest BCUT2D eigenvalue weighted by molar-refractivity contribution is 6.10. The predicted molar refractivity (Wildman–Crippen MR) is 108 cm³/mol. The van der Waals surface area contributed by atoms with E-state index in [4.69, 9.17) is 4.74 Å². The molecule has 0 radical (unpaired) electrons. The van der Waals surface area contributed by atoms with E-state index in [1.54, 1.807) is 31.5 Å². The maximum absolute atomic E-state index is 12.5. The lowest BCUT2D eigenvalue weighted by molar-refractivity contribution is -0.122. The van der Waals surface area contributed by atoms with Gasteiger partial charge in [0.25, 0.3) is 5.91 Å². The first-order chi connectivity index (χ1) is 13.2. The predicted octanol–water partition coefficient (Wildman–Crippen LogP) is 4.62. The molecule has 0 fully saturated rings. The summed E-state index contributed by atoms with van der Waals surface area (Å²) < 4.78 is 7.93. The molecule has 2 aromatic heterocycles. The Morgan fingerprint density at radius 2 is 1.93 bits per heavy atom. The molecule has 5 nitrogen and oxygen atoms in total. The van der Waals surface area contributed by atoms with Crippen LogP contribution in [0, 0.1) is 0 Å². The standard InChI is InChI=1S/C22H21N3O2/c1-3-25-20-9-5-4-8-18(20)19-13-16(10-11-21(19)25)24-22(26)15(2)27-17-7-6-12-23-14-17/h4-15H,3H2,1-2H3,(H,24,26)/t15-/m0/s1. The fourth-order valence-electron chi connectivity index (χ4n) is 3.39. The zero-order valence-electron chi connectivity index (χ0n) is 15.3. The van der Waals surface area contributed by atoms with Crippen LogP contribution in [0.4, 0.5) is 5.69 Å². The third-order valence-electron chi connectivity index (χ3n) is 4.67. The number of carbonyl (C=O) groups excluding carboxylic acids is 1. The van der Waals surface area contributed by atoms with Gasteiger partial charge >= 0.3 is 0 Å². The van der Waals surface area contributed by atoms with Gasteiger partial charge in [0.05, 0.1) is 6.20 Å².